The Morgan fingerprint density at radius 2 is 1.69 bits per heavy atom. The molecule has 0 spiro atoms. The molecule has 2 aromatic rings. The van der Waals surface area contributed by atoms with Crippen molar-refractivity contribution < 1.29 is 17.6 Å². The van der Waals surface area contributed by atoms with Gasteiger partial charge in [0.1, 0.15) is 19.1 Å². The molecule has 1 aliphatic heterocycles. The first-order valence-corrected chi connectivity index (χ1v) is 8.26. The summed E-state index contributed by atoms with van der Waals surface area (Å²) >= 11 is 12.0. The first-order chi connectivity index (χ1) is 12.0. The Bertz CT molecular complexity index is 951. The Kier molecular flexibility index (Phi) is 4.63. The fraction of sp³-hybridized carbons (Fsp3) is 0.167. The number of halogens is 6. The van der Waals surface area contributed by atoms with Crippen LogP contribution in [0.15, 0.2) is 53.3 Å². The van der Waals surface area contributed by atoms with Crippen molar-refractivity contribution in [2.24, 2.45) is 5.10 Å². The fourth-order valence-electron chi connectivity index (χ4n) is 2.96. The minimum Gasteiger partial charge on any atom is -0.207 e. The highest BCUT2D eigenvalue weighted by atomic mass is 35.5. The molecule has 0 aliphatic carbocycles. The quantitative estimate of drug-likeness (QED) is 0.397. The van der Waals surface area contributed by atoms with E-state index in [9.17, 15) is 17.6 Å². The smallest absolute Gasteiger partial charge is 0.207 e. The van der Waals surface area contributed by atoms with Crippen molar-refractivity contribution >= 4 is 34.6 Å². The zero-order valence-corrected chi connectivity index (χ0v) is 15.2. The molecule has 0 bridgehead atoms. The van der Waals surface area contributed by atoms with Crippen LogP contribution in [0.3, 0.4) is 0 Å². The molecule has 3 rings (SSSR count). The van der Waals surface area contributed by atoms with Crippen molar-refractivity contribution in [3.05, 3.63) is 64.0 Å². The van der Waals surface area contributed by atoms with E-state index in [2.05, 4.69) is 5.10 Å². The second-order valence-corrected chi connectivity index (χ2v) is 6.89. The van der Waals surface area contributed by atoms with Gasteiger partial charge in [-0.05, 0) is 36.8 Å². The maximum absolute atomic E-state index is 13.9. The number of allylic oxidation sites excluding steroid dienone is 1. The summed E-state index contributed by atoms with van der Waals surface area (Å²) < 4.78 is 52.9. The van der Waals surface area contributed by atoms with Crippen molar-refractivity contribution in [3.8, 4) is 11.1 Å². The van der Waals surface area contributed by atoms with E-state index in [1.54, 1.807) is 12.1 Å². The van der Waals surface area contributed by atoms with E-state index in [1.807, 2.05) is 0 Å². The van der Waals surface area contributed by atoms with Gasteiger partial charge in [-0.15, -0.1) is 4.59 Å². The summed E-state index contributed by atoms with van der Waals surface area (Å²) in [5, 5.41) is 4.43. The summed E-state index contributed by atoms with van der Waals surface area (Å²) in [4.78, 5) is 0. The third kappa shape index (κ3) is 3.37. The second-order valence-electron chi connectivity index (χ2n) is 6.08. The number of alkyl halides is 3. The zero-order valence-electron chi connectivity index (χ0n) is 13.7. The van der Waals surface area contributed by atoms with Gasteiger partial charge < -0.3 is 0 Å². The third-order valence-corrected chi connectivity index (χ3v) is 4.81. The molecular weight excluding hydrogens is 391 g/mol. The standard InChI is InChI=1S/C18H13Cl2F4N2/c1-10-9-26(2,25-17(10)18(22,23)24)16-6-4-12(21)8-13(16)11-3-5-14(19)15(20)7-11/h3-9H,1-2H3/q+1. The molecule has 26 heavy (non-hydrogen) atoms. The lowest BCUT2D eigenvalue weighted by Crippen LogP contribution is -2.32. The molecule has 1 aliphatic rings. The van der Waals surface area contributed by atoms with Gasteiger partial charge in [0.2, 0.25) is 5.71 Å². The van der Waals surface area contributed by atoms with Crippen molar-refractivity contribution in [2.45, 2.75) is 13.1 Å². The first-order valence-electron chi connectivity index (χ1n) is 7.50. The molecule has 0 amide bonds. The highest BCUT2D eigenvalue weighted by Gasteiger charge is 2.46. The highest BCUT2D eigenvalue weighted by Crippen LogP contribution is 2.41. The van der Waals surface area contributed by atoms with Gasteiger partial charge in [-0.25, -0.2) is 4.39 Å². The molecule has 1 unspecified atom stereocenters. The van der Waals surface area contributed by atoms with Crippen LogP contribution in [0.5, 0.6) is 0 Å². The SMILES string of the molecule is CC1=C[N+](C)(c2ccc(F)cc2-c2ccc(Cl)c(Cl)c2)N=C1C(F)(F)F. The number of benzene rings is 2. The maximum Gasteiger partial charge on any atom is 0.439 e. The molecule has 8 heteroatoms. The van der Waals surface area contributed by atoms with Crippen LogP contribution < -0.4 is 4.59 Å². The molecule has 0 radical (unpaired) electrons. The Hall–Kier alpha value is -1.89. The lowest BCUT2D eigenvalue weighted by molar-refractivity contribution is -0.0586. The van der Waals surface area contributed by atoms with Gasteiger partial charge >= 0.3 is 6.18 Å². The van der Waals surface area contributed by atoms with Gasteiger partial charge in [0.15, 0.2) is 5.69 Å². The largest absolute Gasteiger partial charge is 0.439 e. The molecule has 2 nitrogen and oxygen atoms in total. The van der Waals surface area contributed by atoms with Crippen molar-refractivity contribution in [1.29, 1.82) is 0 Å². The summed E-state index contributed by atoms with van der Waals surface area (Å²) in [5.74, 6) is -0.527. The van der Waals surface area contributed by atoms with E-state index in [4.69, 9.17) is 23.2 Å². The van der Waals surface area contributed by atoms with Gasteiger partial charge in [0.25, 0.3) is 0 Å². The molecule has 1 atom stereocenters. The normalized spacial score (nSPS) is 20.2. The molecule has 1 heterocycles. The van der Waals surface area contributed by atoms with Crippen LogP contribution in [-0.4, -0.2) is 18.9 Å². The monoisotopic (exact) mass is 403 g/mol. The average molecular weight is 404 g/mol. The lowest BCUT2D eigenvalue weighted by Gasteiger charge is -2.23. The zero-order chi connectivity index (χ0) is 19.3. The van der Waals surface area contributed by atoms with Crippen LogP contribution >= 0.6 is 23.2 Å². The summed E-state index contributed by atoms with van der Waals surface area (Å²) in [6.45, 7) is 1.35. The van der Waals surface area contributed by atoms with E-state index in [1.165, 1.54) is 44.4 Å². The molecule has 136 valence electrons. The second kappa shape index (κ2) is 6.37. The van der Waals surface area contributed by atoms with Gasteiger partial charge in [0, 0.05) is 17.2 Å². The molecule has 0 saturated carbocycles. The van der Waals surface area contributed by atoms with E-state index < -0.39 is 22.3 Å². The Labute approximate surface area is 157 Å². The molecule has 0 saturated heterocycles. The van der Waals surface area contributed by atoms with Crippen LogP contribution in [0.2, 0.25) is 10.0 Å². The number of hydrogen-bond acceptors (Lipinski definition) is 1. The average Bonchev–Trinajstić information content (AvgIpc) is 2.86. The highest BCUT2D eigenvalue weighted by molar-refractivity contribution is 6.42. The van der Waals surface area contributed by atoms with Crippen LogP contribution in [0.1, 0.15) is 6.92 Å². The van der Waals surface area contributed by atoms with Crippen molar-refractivity contribution in [1.82, 2.24) is 4.59 Å². The van der Waals surface area contributed by atoms with Crippen LogP contribution in [-0.2, 0) is 0 Å². The topological polar surface area (TPSA) is 12.4 Å². The Balaban J connectivity index is 2.21. The predicted octanol–water partition coefficient (Wildman–Crippen LogP) is 6.57. The van der Waals surface area contributed by atoms with Crippen molar-refractivity contribution in [3.63, 3.8) is 0 Å². The lowest BCUT2D eigenvalue weighted by atomic mass is 10.0. The summed E-state index contributed by atoms with van der Waals surface area (Å²) in [6.07, 6.45) is -3.20. The Morgan fingerprint density at radius 3 is 2.27 bits per heavy atom. The summed E-state index contributed by atoms with van der Waals surface area (Å²) in [5.41, 5.74) is 0.328. The minimum atomic E-state index is -4.57. The van der Waals surface area contributed by atoms with Crippen molar-refractivity contribution in [2.75, 3.05) is 7.05 Å². The summed E-state index contributed by atoms with van der Waals surface area (Å²) in [6, 6.07) is 8.55. The minimum absolute atomic E-state index is 0.00409. The molecule has 0 fully saturated rings. The summed E-state index contributed by atoms with van der Waals surface area (Å²) in [7, 11) is 1.50. The third-order valence-electron chi connectivity index (χ3n) is 4.07. The Morgan fingerprint density at radius 1 is 1.00 bits per heavy atom. The number of nitrogens with zero attached hydrogens (tertiary/aromatic N) is 2. The van der Waals surface area contributed by atoms with E-state index in [0.717, 1.165) is 0 Å². The van der Waals surface area contributed by atoms with E-state index in [-0.39, 0.29) is 10.6 Å². The van der Waals surface area contributed by atoms with Crippen LogP contribution in [0, 0.1) is 5.82 Å². The van der Waals surface area contributed by atoms with Crippen LogP contribution in [0.25, 0.3) is 11.1 Å². The fourth-order valence-corrected chi connectivity index (χ4v) is 3.25. The number of quaternary nitrogens is 1. The number of hydrogen-bond donors (Lipinski definition) is 0. The van der Waals surface area contributed by atoms with Gasteiger partial charge in [-0.3, -0.25) is 0 Å². The van der Waals surface area contributed by atoms with Crippen LogP contribution in [0.4, 0.5) is 23.2 Å². The van der Waals surface area contributed by atoms with Gasteiger partial charge in [-0.2, -0.15) is 13.2 Å². The molecular formula is C18H13Cl2F4N2+. The van der Waals surface area contributed by atoms with Gasteiger partial charge in [0.05, 0.1) is 10.0 Å². The maximum atomic E-state index is 13.9. The molecule has 0 aromatic heterocycles. The first kappa shape index (κ1) is 18.9. The number of rotatable bonds is 2. The predicted molar refractivity (Wildman–Crippen MR) is 96.8 cm³/mol. The van der Waals surface area contributed by atoms with E-state index in [0.29, 0.717) is 21.8 Å². The van der Waals surface area contributed by atoms with Gasteiger partial charge in [-0.1, -0.05) is 34.4 Å². The van der Waals surface area contributed by atoms with E-state index >= 15 is 0 Å². The molecule has 2 aromatic carbocycles. The molecule has 0 N–H and O–H groups in total.